The Kier molecular flexibility index (Phi) is 5.20. The molecule has 0 saturated carbocycles. The lowest BCUT2D eigenvalue weighted by molar-refractivity contribution is 0.0540. The summed E-state index contributed by atoms with van der Waals surface area (Å²) in [5.74, 6) is 0.412. The number of hydrogen-bond donors (Lipinski definition) is 1. The van der Waals surface area contributed by atoms with Crippen LogP contribution in [-0.2, 0) is 6.54 Å². The molecule has 5 heteroatoms. The zero-order chi connectivity index (χ0) is 16.2. The van der Waals surface area contributed by atoms with Gasteiger partial charge in [-0.05, 0) is 67.9 Å². The second kappa shape index (κ2) is 7.34. The van der Waals surface area contributed by atoms with Crippen LogP contribution in [0.3, 0.4) is 0 Å². The number of aliphatic hydroxyl groups excluding tert-OH is 1. The van der Waals surface area contributed by atoms with E-state index in [2.05, 4.69) is 15.3 Å². The number of hydrogen-bond acceptors (Lipinski definition) is 5. The Bertz CT molecular complexity index is 648. The van der Waals surface area contributed by atoms with E-state index in [0.29, 0.717) is 0 Å². The average Bonchev–Trinajstić information content (AvgIpc) is 3.04. The zero-order valence-electron chi connectivity index (χ0n) is 13.3. The lowest BCUT2D eigenvalue weighted by atomic mass is 9.89. The van der Waals surface area contributed by atoms with Crippen molar-refractivity contribution in [2.75, 3.05) is 13.1 Å². The first kappa shape index (κ1) is 16.3. The van der Waals surface area contributed by atoms with Gasteiger partial charge in [0.15, 0.2) is 5.78 Å². The molecule has 0 radical (unpaired) electrons. The predicted molar refractivity (Wildman–Crippen MR) is 91.5 cm³/mol. The normalized spacial score (nSPS) is 18.0. The molecule has 1 aliphatic heterocycles. The molecule has 2 aromatic heterocycles. The number of piperidine rings is 1. The maximum atomic E-state index is 11.4. The van der Waals surface area contributed by atoms with Gasteiger partial charge in [-0.3, -0.25) is 14.7 Å². The fraction of sp³-hybridized carbons (Fsp3) is 0.444. The van der Waals surface area contributed by atoms with E-state index in [4.69, 9.17) is 0 Å². The lowest BCUT2D eigenvalue weighted by Gasteiger charge is -2.33. The minimum atomic E-state index is -0.469. The number of likely N-dealkylation sites (tertiary alicyclic amines) is 1. The Morgan fingerprint density at radius 2 is 2.22 bits per heavy atom. The van der Waals surface area contributed by atoms with Gasteiger partial charge in [-0.25, -0.2) is 0 Å². The van der Waals surface area contributed by atoms with Gasteiger partial charge in [0.1, 0.15) is 0 Å². The molecule has 23 heavy (non-hydrogen) atoms. The Labute approximate surface area is 140 Å². The number of ketones is 1. The molecule has 0 aliphatic carbocycles. The molecule has 0 unspecified atom stereocenters. The Balaban J connectivity index is 1.53. The van der Waals surface area contributed by atoms with Crippen LogP contribution in [0, 0.1) is 5.92 Å². The third-order valence-corrected chi connectivity index (χ3v) is 5.56. The van der Waals surface area contributed by atoms with Crippen LogP contribution in [0.2, 0.25) is 0 Å². The summed E-state index contributed by atoms with van der Waals surface area (Å²) in [7, 11) is 0. The van der Waals surface area contributed by atoms with Crippen LogP contribution in [0.1, 0.15) is 46.8 Å². The molecule has 0 amide bonds. The topological polar surface area (TPSA) is 53.4 Å². The summed E-state index contributed by atoms with van der Waals surface area (Å²) in [5, 5.41) is 12.5. The number of carbonyl (C=O) groups is 1. The van der Waals surface area contributed by atoms with Crippen molar-refractivity contribution in [3.63, 3.8) is 0 Å². The van der Waals surface area contributed by atoms with E-state index in [1.807, 2.05) is 24.3 Å². The smallest absolute Gasteiger partial charge is 0.169 e. The van der Waals surface area contributed by atoms with E-state index in [1.54, 1.807) is 13.1 Å². The first-order valence-corrected chi connectivity index (χ1v) is 8.91. The largest absolute Gasteiger partial charge is 0.387 e. The summed E-state index contributed by atoms with van der Waals surface area (Å²) in [6.45, 7) is 4.44. The van der Waals surface area contributed by atoms with E-state index >= 15 is 0 Å². The van der Waals surface area contributed by atoms with Gasteiger partial charge in [-0.1, -0.05) is 6.07 Å². The average molecular weight is 330 g/mol. The molecule has 3 heterocycles. The van der Waals surface area contributed by atoms with Gasteiger partial charge in [0.25, 0.3) is 0 Å². The summed E-state index contributed by atoms with van der Waals surface area (Å²) < 4.78 is 0. The predicted octanol–water partition coefficient (Wildman–Crippen LogP) is 3.29. The van der Waals surface area contributed by atoms with E-state index in [0.717, 1.165) is 43.0 Å². The molecule has 1 N–H and O–H groups in total. The van der Waals surface area contributed by atoms with Crippen molar-refractivity contribution in [3.05, 3.63) is 52.0 Å². The number of nitrogens with zero attached hydrogens (tertiary/aromatic N) is 2. The standard InChI is InChI=1S/C18H22N2O2S/c1-13(21)17-10-14(12-23-17)11-20-8-5-15(6-9-20)18(22)16-4-2-3-7-19-16/h2-4,7,10,12,15,18,22H,5-6,8-9,11H2,1H3/t18-/m0/s1. The third-order valence-electron chi connectivity index (χ3n) is 4.48. The number of carbonyl (C=O) groups excluding carboxylic acids is 1. The van der Waals surface area contributed by atoms with E-state index in [1.165, 1.54) is 16.9 Å². The summed E-state index contributed by atoms with van der Waals surface area (Å²) in [4.78, 5) is 18.9. The van der Waals surface area contributed by atoms with Crippen LogP contribution >= 0.6 is 11.3 Å². The minimum absolute atomic E-state index is 0.137. The molecule has 2 aromatic rings. The second-order valence-electron chi connectivity index (χ2n) is 6.19. The number of Topliss-reactive ketones (excluding diaryl/α,β-unsaturated/α-hetero) is 1. The third kappa shape index (κ3) is 4.05. The number of aromatic nitrogens is 1. The molecular formula is C18H22N2O2S. The van der Waals surface area contributed by atoms with Crippen LogP contribution in [-0.4, -0.2) is 33.9 Å². The Morgan fingerprint density at radius 3 is 2.83 bits per heavy atom. The molecular weight excluding hydrogens is 308 g/mol. The van der Waals surface area contributed by atoms with Crippen molar-refractivity contribution in [3.8, 4) is 0 Å². The Morgan fingerprint density at radius 1 is 1.43 bits per heavy atom. The number of thiophene rings is 1. The molecule has 0 bridgehead atoms. The quantitative estimate of drug-likeness (QED) is 0.855. The summed E-state index contributed by atoms with van der Waals surface area (Å²) >= 11 is 1.52. The summed E-state index contributed by atoms with van der Waals surface area (Å²) in [5.41, 5.74) is 1.99. The minimum Gasteiger partial charge on any atom is -0.387 e. The molecule has 1 fully saturated rings. The fourth-order valence-electron chi connectivity index (χ4n) is 3.12. The van der Waals surface area contributed by atoms with Crippen LogP contribution in [0.25, 0.3) is 0 Å². The fourth-order valence-corrected chi connectivity index (χ4v) is 3.93. The van der Waals surface area contributed by atoms with E-state index in [9.17, 15) is 9.90 Å². The van der Waals surface area contributed by atoms with E-state index < -0.39 is 6.10 Å². The van der Waals surface area contributed by atoms with Gasteiger partial charge in [-0.15, -0.1) is 11.3 Å². The highest BCUT2D eigenvalue weighted by molar-refractivity contribution is 7.12. The second-order valence-corrected chi connectivity index (χ2v) is 7.10. The van der Waals surface area contributed by atoms with Crippen molar-refractivity contribution in [1.82, 2.24) is 9.88 Å². The van der Waals surface area contributed by atoms with Crippen molar-refractivity contribution >= 4 is 17.1 Å². The van der Waals surface area contributed by atoms with Crippen LogP contribution in [0.4, 0.5) is 0 Å². The molecule has 0 spiro atoms. The van der Waals surface area contributed by atoms with Gasteiger partial charge in [0.2, 0.25) is 0 Å². The summed E-state index contributed by atoms with van der Waals surface area (Å²) in [6.07, 6.45) is 3.21. The highest BCUT2D eigenvalue weighted by Crippen LogP contribution is 2.30. The molecule has 0 aromatic carbocycles. The van der Waals surface area contributed by atoms with Crippen LogP contribution in [0.15, 0.2) is 35.8 Å². The first-order chi connectivity index (χ1) is 11.1. The molecule has 1 aliphatic rings. The summed E-state index contributed by atoms with van der Waals surface area (Å²) in [6, 6.07) is 7.69. The highest BCUT2D eigenvalue weighted by Gasteiger charge is 2.27. The monoisotopic (exact) mass is 330 g/mol. The maximum absolute atomic E-state index is 11.4. The van der Waals surface area contributed by atoms with Crippen molar-refractivity contribution in [2.45, 2.75) is 32.4 Å². The first-order valence-electron chi connectivity index (χ1n) is 8.03. The molecule has 122 valence electrons. The molecule has 3 rings (SSSR count). The molecule has 4 nitrogen and oxygen atoms in total. The number of rotatable bonds is 5. The molecule has 1 atom stereocenters. The number of aliphatic hydroxyl groups is 1. The molecule has 1 saturated heterocycles. The maximum Gasteiger partial charge on any atom is 0.169 e. The van der Waals surface area contributed by atoms with Crippen molar-refractivity contribution in [1.29, 1.82) is 0 Å². The van der Waals surface area contributed by atoms with Crippen molar-refractivity contribution < 1.29 is 9.90 Å². The van der Waals surface area contributed by atoms with Gasteiger partial charge in [0, 0.05) is 12.7 Å². The SMILES string of the molecule is CC(=O)c1cc(CN2CCC([C@H](O)c3ccccn3)CC2)cs1. The van der Waals surface area contributed by atoms with Gasteiger partial charge in [0.05, 0.1) is 16.7 Å². The van der Waals surface area contributed by atoms with Crippen molar-refractivity contribution in [2.24, 2.45) is 5.92 Å². The highest BCUT2D eigenvalue weighted by atomic mass is 32.1. The van der Waals surface area contributed by atoms with Gasteiger partial charge in [-0.2, -0.15) is 0 Å². The Hall–Kier alpha value is -1.56. The lowest BCUT2D eigenvalue weighted by Crippen LogP contribution is -2.35. The van der Waals surface area contributed by atoms with Crippen LogP contribution < -0.4 is 0 Å². The van der Waals surface area contributed by atoms with Gasteiger partial charge < -0.3 is 5.11 Å². The number of pyridine rings is 1. The zero-order valence-corrected chi connectivity index (χ0v) is 14.1. The van der Waals surface area contributed by atoms with Gasteiger partial charge >= 0.3 is 0 Å². The van der Waals surface area contributed by atoms with E-state index in [-0.39, 0.29) is 11.7 Å². The van der Waals surface area contributed by atoms with Crippen LogP contribution in [0.5, 0.6) is 0 Å².